The van der Waals surface area contributed by atoms with Crippen molar-refractivity contribution in [1.29, 1.82) is 0 Å². The monoisotopic (exact) mass is 153 g/mol. The number of rotatable bonds is 0. The van der Waals surface area contributed by atoms with Gasteiger partial charge in [0.1, 0.15) is 5.82 Å². The quantitative estimate of drug-likeness (QED) is 0.521. The molecule has 0 aromatic carbocycles. The molecule has 0 spiro atoms. The summed E-state index contributed by atoms with van der Waals surface area (Å²) in [7, 11) is 1.90. The van der Waals surface area contributed by atoms with Crippen molar-refractivity contribution in [2.45, 2.75) is 0 Å². The molecule has 2 heterocycles. The normalized spacial score (nSPS) is 20.9. The molecule has 0 aromatic heterocycles. The van der Waals surface area contributed by atoms with Crippen molar-refractivity contribution in [3.8, 4) is 0 Å². The highest BCUT2D eigenvalue weighted by molar-refractivity contribution is 5.23. The second kappa shape index (κ2) is 2.02. The van der Waals surface area contributed by atoms with Crippen LogP contribution in [0.25, 0.3) is 0 Å². The average Bonchev–Trinajstić information content (AvgIpc) is 2.32. The molecule has 3 nitrogen and oxygen atoms in total. The molecule has 4 heteroatoms. The van der Waals surface area contributed by atoms with Gasteiger partial charge in [-0.05, 0) is 12.2 Å². The van der Waals surface area contributed by atoms with E-state index < -0.39 is 0 Å². The lowest BCUT2D eigenvalue weighted by Gasteiger charge is -2.24. The summed E-state index contributed by atoms with van der Waals surface area (Å²) in [6.07, 6.45) is 6.73. The summed E-state index contributed by atoms with van der Waals surface area (Å²) in [6.45, 7) is 0. The Hall–Kier alpha value is -1.45. The molecule has 0 bridgehead atoms. The lowest BCUT2D eigenvalue weighted by Crippen LogP contribution is -2.33. The van der Waals surface area contributed by atoms with Gasteiger partial charge in [-0.2, -0.15) is 4.39 Å². The second-order valence-corrected chi connectivity index (χ2v) is 2.43. The summed E-state index contributed by atoms with van der Waals surface area (Å²) in [4.78, 5) is 1.90. The van der Waals surface area contributed by atoms with E-state index in [2.05, 4.69) is 5.43 Å². The van der Waals surface area contributed by atoms with Gasteiger partial charge in [0.05, 0.1) is 0 Å². The van der Waals surface area contributed by atoms with Gasteiger partial charge in [0, 0.05) is 19.4 Å². The largest absolute Gasteiger partial charge is 0.335 e. The fourth-order valence-electron chi connectivity index (χ4n) is 1.08. The summed E-state index contributed by atoms with van der Waals surface area (Å²) in [5.74, 6) is 0.583. The van der Waals surface area contributed by atoms with Crippen LogP contribution in [0.2, 0.25) is 0 Å². The Labute approximate surface area is 64.1 Å². The van der Waals surface area contributed by atoms with Crippen LogP contribution in [-0.4, -0.2) is 17.0 Å². The lowest BCUT2D eigenvalue weighted by atomic mass is 10.4. The Morgan fingerprint density at radius 2 is 2.18 bits per heavy atom. The van der Waals surface area contributed by atoms with E-state index in [1.165, 1.54) is 6.08 Å². The van der Waals surface area contributed by atoms with Crippen molar-refractivity contribution in [3.05, 3.63) is 36.3 Å². The molecule has 0 aromatic rings. The molecule has 0 amide bonds. The molecule has 1 N–H and O–H groups in total. The first kappa shape index (κ1) is 6.27. The van der Waals surface area contributed by atoms with Crippen LogP contribution in [0.15, 0.2) is 36.3 Å². The van der Waals surface area contributed by atoms with Gasteiger partial charge in [-0.3, -0.25) is 5.43 Å². The highest BCUT2D eigenvalue weighted by atomic mass is 19.1. The summed E-state index contributed by atoms with van der Waals surface area (Å²) in [5.41, 5.74) is 2.54. The van der Waals surface area contributed by atoms with Gasteiger partial charge in [-0.25, -0.2) is 5.01 Å². The number of nitrogens with one attached hydrogen (secondary N) is 1. The van der Waals surface area contributed by atoms with Crippen molar-refractivity contribution in [1.82, 2.24) is 15.3 Å². The van der Waals surface area contributed by atoms with Gasteiger partial charge in [0.25, 0.3) is 0 Å². The van der Waals surface area contributed by atoms with Gasteiger partial charge in [-0.1, -0.05) is 0 Å². The minimum absolute atomic E-state index is 0.339. The number of hydrogen-bond acceptors (Lipinski definition) is 3. The molecule has 0 fully saturated rings. The van der Waals surface area contributed by atoms with Crippen LogP contribution in [0, 0.1) is 0 Å². The van der Waals surface area contributed by atoms with E-state index in [-0.39, 0.29) is 5.95 Å². The fraction of sp³-hybridized carbons (Fsp3) is 0.143. The molecule has 0 radical (unpaired) electrons. The SMILES string of the molecule is CN1C=CN2NC(F)=CC=C12. The van der Waals surface area contributed by atoms with Gasteiger partial charge >= 0.3 is 0 Å². The first-order valence-electron chi connectivity index (χ1n) is 3.32. The van der Waals surface area contributed by atoms with E-state index in [4.69, 9.17) is 0 Å². The highest BCUT2D eigenvalue weighted by Crippen LogP contribution is 2.19. The van der Waals surface area contributed by atoms with Crippen molar-refractivity contribution in [2.24, 2.45) is 0 Å². The maximum Gasteiger partial charge on any atom is 0.206 e. The first-order chi connectivity index (χ1) is 5.27. The molecule has 0 atom stereocenters. The fourth-order valence-corrected chi connectivity index (χ4v) is 1.08. The standard InChI is InChI=1S/C7H8FN3/c1-10-4-5-11-7(10)3-2-6(8)9-11/h2-5,9H,1H3. The number of hydrazine groups is 1. The van der Waals surface area contributed by atoms with Gasteiger partial charge in [0.15, 0.2) is 0 Å². The average molecular weight is 153 g/mol. The summed E-state index contributed by atoms with van der Waals surface area (Å²) >= 11 is 0. The Kier molecular flexibility index (Phi) is 1.15. The van der Waals surface area contributed by atoms with Crippen LogP contribution in [0.1, 0.15) is 0 Å². The Morgan fingerprint density at radius 3 is 3.00 bits per heavy atom. The Balaban J connectivity index is 2.31. The molecule has 0 saturated heterocycles. The predicted octanol–water partition coefficient (Wildman–Crippen LogP) is 0.876. The minimum Gasteiger partial charge on any atom is -0.335 e. The molecule has 2 aliphatic rings. The predicted molar refractivity (Wildman–Crippen MR) is 39.2 cm³/mol. The van der Waals surface area contributed by atoms with E-state index in [9.17, 15) is 4.39 Å². The van der Waals surface area contributed by atoms with E-state index in [0.29, 0.717) is 0 Å². The maximum atomic E-state index is 12.6. The number of nitrogens with zero attached hydrogens (tertiary/aromatic N) is 2. The molecule has 2 aliphatic heterocycles. The summed E-state index contributed by atoms with van der Waals surface area (Å²) in [5, 5.41) is 1.62. The molecule has 2 rings (SSSR count). The first-order valence-corrected chi connectivity index (χ1v) is 3.32. The van der Waals surface area contributed by atoms with Crippen molar-refractivity contribution in [3.63, 3.8) is 0 Å². The minimum atomic E-state index is -0.339. The summed E-state index contributed by atoms with van der Waals surface area (Å²) in [6, 6.07) is 0. The highest BCUT2D eigenvalue weighted by Gasteiger charge is 2.19. The number of fused-ring (bicyclic) bond motifs is 1. The Bertz CT molecular complexity index is 267. The van der Waals surface area contributed by atoms with E-state index >= 15 is 0 Å². The van der Waals surface area contributed by atoms with E-state index in [1.807, 2.05) is 18.1 Å². The molecule has 11 heavy (non-hydrogen) atoms. The third kappa shape index (κ3) is 0.869. The molecule has 0 unspecified atom stereocenters. The molecule has 0 saturated carbocycles. The molecular formula is C7H8FN3. The number of allylic oxidation sites excluding steroid dienone is 2. The molecule has 0 aliphatic carbocycles. The maximum absolute atomic E-state index is 12.6. The smallest absolute Gasteiger partial charge is 0.206 e. The zero-order valence-corrected chi connectivity index (χ0v) is 6.08. The van der Waals surface area contributed by atoms with E-state index in [0.717, 1.165) is 5.82 Å². The third-order valence-corrected chi connectivity index (χ3v) is 1.65. The molecule has 58 valence electrons. The van der Waals surface area contributed by atoms with Crippen LogP contribution in [-0.2, 0) is 0 Å². The van der Waals surface area contributed by atoms with Crippen molar-refractivity contribution in [2.75, 3.05) is 7.05 Å². The number of halogens is 1. The van der Waals surface area contributed by atoms with Crippen LogP contribution in [0.3, 0.4) is 0 Å². The Morgan fingerprint density at radius 1 is 1.36 bits per heavy atom. The van der Waals surface area contributed by atoms with Gasteiger partial charge in [0.2, 0.25) is 5.95 Å². The van der Waals surface area contributed by atoms with Crippen LogP contribution < -0.4 is 5.43 Å². The summed E-state index contributed by atoms with van der Waals surface area (Å²) < 4.78 is 12.6. The lowest BCUT2D eigenvalue weighted by molar-refractivity contribution is 0.287. The number of hydrogen-bond donors (Lipinski definition) is 1. The zero-order chi connectivity index (χ0) is 7.84. The van der Waals surface area contributed by atoms with Crippen LogP contribution in [0.4, 0.5) is 4.39 Å². The van der Waals surface area contributed by atoms with Crippen LogP contribution >= 0.6 is 0 Å². The van der Waals surface area contributed by atoms with E-state index in [1.54, 1.807) is 17.3 Å². The van der Waals surface area contributed by atoms with Crippen LogP contribution in [0.5, 0.6) is 0 Å². The van der Waals surface area contributed by atoms with Crippen molar-refractivity contribution >= 4 is 0 Å². The third-order valence-electron chi connectivity index (χ3n) is 1.65. The van der Waals surface area contributed by atoms with Crippen molar-refractivity contribution < 1.29 is 4.39 Å². The zero-order valence-electron chi connectivity index (χ0n) is 6.08. The second-order valence-electron chi connectivity index (χ2n) is 2.43. The molecular weight excluding hydrogens is 145 g/mol. The van der Waals surface area contributed by atoms with Gasteiger partial charge in [-0.15, -0.1) is 0 Å². The van der Waals surface area contributed by atoms with Gasteiger partial charge < -0.3 is 4.90 Å². The topological polar surface area (TPSA) is 18.5 Å².